The maximum Gasteiger partial charge on any atom is 0.213 e. The molecule has 0 aromatic heterocycles. The molecule has 0 unspecified atom stereocenters. The summed E-state index contributed by atoms with van der Waals surface area (Å²) in [6, 6.07) is 0. The van der Waals surface area contributed by atoms with E-state index >= 15 is 0 Å². The molecule has 3 spiro atoms. The predicted molar refractivity (Wildman–Crippen MR) is 129 cm³/mol. The van der Waals surface area contributed by atoms with Gasteiger partial charge in [0.05, 0.1) is 24.7 Å². The van der Waals surface area contributed by atoms with E-state index in [9.17, 15) is 9.90 Å². The molecule has 7 nitrogen and oxygen atoms in total. The SMILES string of the molecule is C=CCO[C@@H]1CCC2=C(O1)[C@@]13CO[C@@]4(OC(C)(C)O[C@@H]5[C@H]6CC[C@@H]1[C@]54C(=O)C6=C)[C@@H](O)[C@@H]3C(C)(C)C2. The summed E-state index contributed by atoms with van der Waals surface area (Å²) in [7, 11) is 0. The molecular weight excluding hydrogens is 460 g/mol. The van der Waals surface area contributed by atoms with Crippen molar-refractivity contribution in [3.63, 3.8) is 0 Å². The molecule has 1 N–H and O–H groups in total. The van der Waals surface area contributed by atoms with Crippen LogP contribution in [-0.2, 0) is 28.5 Å². The third-order valence-electron chi connectivity index (χ3n) is 10.6. The molecule has 0 amide bonds. The Kier molecular flexibility index (Phi) is 4.53. The first-order valence-corrected chi connectivity index (χ1v) is 13.5. The third-order valence-corrected chi connectivity index (χ3v) is 10.6. The molecule has 0 aromatic rings. The van der Waals surface area contributed by atoms with Crippen LogP contribution in [0.1, 0.15) is 59.8 Å². The molecule has 7 heteroatoms. The zero-order valence-corrected chi connectivity index (χ0v) is 21.8. The van der Waals surface area contributed by atoms with Gasteiger partial charge in [-0.25, -0.2) is 0 Å². The van der Waals surface area contributed by atoms with E-state index in [1.807, 2.05) is 13.8 Å². The van der Waals surface area contributed by atoms with Gasteiger partial charge >= 0.3 is 0 Å². The minimum absolute atomic E-state index is 0.0622. The van der Waals surface area contributed by atoms with Crippen LogP contribution in [0, 0.1) is 34.0 Å². The molecule has 0 radical (unpaired) electrons. The Morgan fingerprint density at radius 3 is 2.72 bits per heavy atom. The quantitative estimate of drug-likeness (QED) is 0.465. The van der Waals surface area contributed by atoms with Crippen molar-refractivity contribution < 1.29 is 33.6 Å². The Morgan fingerprint density at radius 2 is 1.97 bits per heavy atom. The highest BCUT2D eigenvalue weighted by Gasteiger charge is 2.90. The fraction of sp³-hybridized carbons (Fsp3) is 0.759. The average Bonchev–Trinajstić information content (AvgIpc) is 2.93. The number of aliphatic hydroxyl groups excluding tert-OH is 1. The number of hydrogen-bond donors (Lipinski definition) is 1. The van der Waals surface area contributed by atoms with Crippen LogP contribution in [0.25, 0.3) is 0 Å². The van der Waals surface area contributed by atoms with Crippen LogP contribution in [0.2, 0.25) is 0 Å². The number of carbonyl (C=O) groups excluding carboxylic acids is 1. The van der Waals surface area contributed by atoms with Crippen LogP contribution in [0.5, 0.6) is 0 Å². The van der Waals surface area contributed by atoms with Crippen LogP contribution in [0.3, 0.4) is 0 Å². The lowest BCUT2D eigenvalue weighted by Gasteiger charge is -2.77. The highest BCUT2D eigenvalue weighted by Crippen LogP contribution is 2.80. The molecular formula is C29H38O7. The number of ketones is 1. The summed E-state index contributed by atoms with van der Waals surface area (Å²) in [5.74, 6) is -2.13. The van der Waals surface area contributed by atoms with Crippen molar-refractivity contribution in [3.8, 4) is 0 Å². The van der Waals surface area contributed by atoms with E-state index < -0.39 is 34.6 Å². The van der Waals surface area contributed by atoms with E-state index in [-0.39, 0.29) is 35.2 Å². The maximum absolute atomic E-state index is 14.4. The summed E-state index contributed by atoms with van der Waals surface area (Å²) in [5, 5.41) is 12.4. The largest absolute Gasteiger partial charge is 0.469 e. The molecule has 8 rings (SSSR count). The Labute approximate surface area is 212 Å². The van der Waals surface area contributed by atoms with Crippen LogP contribution in [0.15, 0.2) is 36.1 Å². The van der Waals surface area contributed by atoms with Crippen molar-refractivity contribution in [1.82, 2.24) is 0 Å². The zero-order chi connectivity index (χ0) is 25.5. The maximum atomic E-state index is 14.4. The molecule has 3 saturated carbocycles. The smallest absolute Gasteiger partial charge is 0.213 e. The first-order chi connectivity index (χ1) is 17.0. The molecule has 6 fully saturated rings. The summed E-state index contributed by atoms with van der Waals surface area (Å²) >= 11 is 0. The van der Waals surface area contributed by atoms with E-state index in [1.54, 1.807) is 6.08 Å². The second kappa shape index (κ2) is 6.92. The zero-order valence-electron chi connectivity index (χ0n) is 21.8. The van der Waals surface area contributed by atoms with Gasteiger partial charge in [0.1, 0.15) is 17.3 Å². The Hall–Kier alpha value is -1.51. The van der Waals surface area contributed by atoms with E-state index in [2.05, 4.69) is 27.0 Å². The first kappa shape index (κ1) is 23.6. The Bertz CT molecular complexity index is 1100. The van der Waals surface area contributed by atoms with Crippen molar-refractivity contribution in [2.24, 2.45) is 34.0 Å². The molecule has 4 aliphatic carbocycles. The van der Waals surface area contributed by atoms with E-state index in [0.29, 0.717) is 18.8 Å². The van der Waals surface area contributed by atoms with E-state index in [0.717, 1.165) is 37.9 Å². The second-order valence-electron chi connectivity index (χ2n) is 13.2. The average molecular weight is 499 g/mol. The van der Waals surface area contributed by atoms with Gasteiger partial charge in [0, 0.05) is 18.3 Å². The van der Waals surface area contributed by atoms with Gasteiger partial charge in [-0.15, -0.1) is 6.58 Å². The summed E-state index contributed by atoms with van der Waals surface area (Å²) in [5.41, 5.74) is -0.226. The van der Waals surface area contributed by atoms with Gasteiger partial charge in [0.25, 0.3) is 0 Å². The number of ether oxygens (including phenoxy) is 5. The number of aliphatic hydroxyl groups is 1. The first-order valence-electron chi connectivity index (χ1n) is 13.5. The summed E-state index contributed by atoms with van der Waals surface area (Å²) in [6.45, 7) is 16.9. The molecule has 4 heterocycles. The molecule has 36 heavy (non-hydrogen) atoms. The van der Waals surface area contributed by atoms with Gasteiger partial charge in [-0.05, 0) is 62.0 Å². The number of fused-ring (bicyclic) bond motifs is 1. The Balaban J connectivity index is 1.48. The lowest BCUT2D eigenvalue weighted by atomic mass is 9.36. The fourth-order valence-corrected chi connectivity index (χ4v) is 9.94. The Morgan fingerprint density at radius 1 is 1.19 bits per heavy atom. The molecule has 3 saturated heterocycles. The summed E-state index contributed by atoms with van der Waals surface area (Å²) in [4.78, 5) is 14.4. The lowest BCUT2D eigenvalue weighted by Crippen LogP contribution is -2.87. The van der Waals surface area contributed by atoms with Gasteiger partial charge in [0.2, 0.25) is 5.79 Å². The van der Waals surface area contributed by atoms with Gasteiger partial charge in [-0.2, -0.15) is 0 Å². The number of rotatable bonds is 3. The van der Waals surface area contributed by atoms with Crippen molar-refractivity contribution >= 4 is 5.78 Å². The molecule has 4 bridgehead atoms. The number of hydrogen-bond acceptors (Lipinski definition) is 7. The standard InChI is InChI=1S/C29H38O7/c1-7-12-32-19-11-8-16-13-25(3,4)20-22(31)29-28-18(27(20,14-33-29)23(16)34-19)10-9-17(15(2)21(28)30)24(28)35-26(5,6)36-29/h7,17-20,22,24,31H,1-2,8-14H2,3-6H3/t17-,18-,19-,20+,22-,24+,27-,28-,29+/m0/s1. The highest BCUT2D eigenvalue weighted by molar-refractivity contribution is 6.05. The monoisotopic (exact) mass is 498 g/mol. The number of carbonyl (C=O) groups is 1. The van der Waals surface area contributed by atoms with Crippen LogP contribution in [0.4, 0.5) is 0 Å². The van der Waals surface area contributed by atoms with Crippen molar-refractivity contribution in [3.05, 3.63) is 36.1 Å². The highest BCUT2D eigenvalue weighted by atomic mass is 16.8. The topological polar surface area (TPSA) is 83.5 Å². The number of Topliss-reactive ketones (excluding diaryl/α,β-unsaturated/α-hetero) is 1. The van der Waals surface area contributed by atoms with Crippen molar-refractivity contribution in [2.45, 2.75) is 89.9 Å². The van der Waals surface area contributed by atoms with Crippen LogP contribution < -0.4 is 0 Å². The van der Waals surface area contributed by atoms with Gasteiger partial charge < -0.3 is 28.8 Å². The normalized spacial score (nSPS) is 51.2. The summed E-state index contributed by atoms with van der Waals surface area (Å²) in [6.07, 6.45) is 3.95. The lowest BCUT2D eigenvalue weighted by molar-refractivity contribution is -0.527. The van der Waals surface area contributed by atoms with Crippen LogP contribution >= 0.6 is 0 Å². The molecule has 4 aliphatic heterocycles. The van der Waals surface area contributed by atoms with Crippen molar-refractivity contribution in [2.75, 3.05) is 13.2 Å². The van der Waals surface area contributed by atoms with Crippen molar-refractivity contribution in [1.29, 1.82) is 0 Å². The molecule has 0 aromatic carbocycles. The predicted octanol–water partition coefficient (Wildman–Crippen LogP) is 4.02. The molecule has 196 valence electrons. The van der Waals surface area contributed by atoms with Gasteiger partial charge in [-0.3, -0.25) is 4.79 Å². The summed E-state index contributed by atoms with van der Waals surface area (Å²) < 4.78 is 32.6. The third kappa shape index (κ3) is 2.37. The second-order valence-corrected chi connectivity index (χ2v) is 13.2. The van der Waals surface area contributed by atoms with E-state index in [4.69, 9.17) is 23.7 Å². The molecule has 8 aliphatic rings. The van der Waals surface area contributed by atoms with Crippen LogP contribution in [-0.4, -0.2) is 54.2 Å². The van der Waals surface area contributed by atoms with Gasteiger partial charge in [0.15, 0.2) is 17.9 Å². The van der Waals surface area contributed by atoms with E-state index in [1.165, 1.54) is 5.57 Å². The number of allylic oxidation sites excluding steroid dienone is 1. The molecule has 9 atom stereocenters. The minimum Gasteiger partial charge on any atom is -0.469 e. The minimum atomic E-state index is -1.48. The van der Waals surface area contributed by atoms with Gasteiger partial charge in [-0.1, -0.05) is 26.5 Å². The fourth-order valence-electron chi connectivity index (χ4n) is 9.94.